The molecule has 0 aliphatic rings. The van der Waals surface area contributed by atoms with Crippen LogP contribution in [0.25, 0.3) is 5.78 Å². The zero-order chi connectivity index (χ0) is 20.5. The molecular weight excluding hydrogens is 395 g/mol. The molecule has 0 atom stereocenters. The Bertz CT molecular complexity index is 1030. The molecule has 0 fully saturated rings. The smallest absolute Gasteiger partial charge is 0.355 e. The summed E-state index contributed by atoms with van der Waals surface area (Å²) in [5.74, 6) is -1.66. The van der Waals surface area contributed by atoms with Gasteiger partial charge in [0.25, 0.3) is 11.6 Å². The highest BCUT2D eigenvalue weighted by Gasteiger charge is 2.37. The Balaban J connectivity index is 1.71. The number of benzene rings is 1. The van der Waals surface area contributed by atoms with Crippen LogP contribution in [0, 0.1) is 13.8 Å². The van der Waals surface area contributed by atoms with Crippen molar-refractivity contribution in [2.24, 2.45) is 0 Å². The molecule has 2 heterocycles. The lowest BCUT2D eigenvalue weighted by Crippen LogP contribution is -2.28. The number of carbonyl (C=O) groups excluding carboxylic acids is 1. The van der Waals surface area contributed by atoms with E-state index < -0.39 is 12.0 Å². The Morgan fingerprint density at radius 1 is 1.25 bits per heavy atom. The Hall–Kier alpha value is -2.68. The van der Waals surface area contributed by atoms with Gasteiger partial charge in [-0.1, -0.05) is 23.7 Å². The third-order valence-corrected chi connectivity index (χ3v) is 4.50. The van der Waals surface area contributed by atoms with Gasteiger partial charge in [-0.05, 0) is 38.0 Å². The Labute approximate surface area is 163 Å². The van der Waals surface area contributed by atoms with Gasteiger partial charge >= 0.3 is 6.18 Å². The van der Waals surface area contributed by atoms with E-state index in [2.05, 4.69) is 20.4 Å². The number of hydrogen-bond acceptors (Lipinski definition) is 4. The number of fused-ring (bicyclic) bond motifs is 1. The molecule has 0 spiro atoms. The number of nitrogens with one attached hydrogen (secondary N) is 1. The second-order valence-corrected chi connectivity index (χ2v) is 6.75. The van der Waals surface area contributed by atoms with E-state index in [9.17, 15) is 18.0 Å². The van der Waals surface area contributed by atoms with E-state index in [1.807, 2.05) is 18.2 Å². The zero-order valence-electron chi connectivity index (χ0n) is 15.1. The third kappa shape index (κ3) is 4.41. The lowest BCUT2D eigenvalue weighted by Gasteiger charge is -2.11. The molecule has 1 amide bonds. The van der Waals surface area contributed by atoms with Crippen molar-refractivity contribution in [1.82, 2.24) is 24.9 Å². The summed E-state index contributed by atoms with van der Waals surface area (Å²) in [6.45, 7) is 3.63. The van der Waals surface area contributed by atoms with Gasteiger partial charge in [-0.3, -0.25) is 4.79 Å². The predicted octanol–water partition coefficient (Wildman–Crippen LogP) is 3.31. The molecule has 28 heavy (non-hydrogen) atoms. The minimum absolute atomic E-state index is 0.0165. The zero-order valence-corrected chi connectivity index (χ0v) is 15.9. The van der Waals surface area contributed by atoms with Gasteiger partial charge in [-0.15, -0.1) is 5.10 Å². The summed E-state index contributed by atoms with van der Waals surface area (Å²) < 4.78 is 39.5. The molecule has 2 aromatic heterocycles. The van der Waals surface area contributed by atoms with Crippen LogP contribution in [0.1, 0.15) is 28.3 Å². The Kier molecular flexibility index (Phi) is 5.55. The number of halogens is 4. The number of nitrogens with zero attached hydrogens (tertiary/aromatic N) is 4. The van der Waals surface area contributed by atoms with Crippen molar-refractivity contribution in [3.63, 3.8) is 0 Å². The predicted molar refractivity (Wildman–Crippen MR) is 97.1 cm³/mol. The van der Waals surface area contributed by atoms with Crippen molar-refractivity contribution in [1.29, 1.82) is 0 Å². The average Bonchev–Trinajstić information content (AvgIpc) is 3.03. The summed E-state index contributed by atoms with van der Waals surface area (Å²) in [5, 5.41) is 6.90. The standard InChI is InChI=1S/C18H17ClF3N5O/c1-10-14(9-15(28)23-7-6-12-4-3-5-13(19)8-12)11(2)27-17(24-10)25-16(26-27)18(20,21)22/h3-5,8H,6-7,9H2,1-2H3,(H,23,28). The SMILES string of the molecule is Cc1nc2nc(C(F)(F)F)nn2c(C)c1CC(=O)NCCc1cccc(Cl)c1. The van der Waals surface area contributed by atoms with E-state index in [-0.39, 0.29) is 18.1 Å². The first kappa shape index (κ1) is 20.1. The molecule has 0 saturated heterocycles. The van der Waals surface area contributed by atoms with Crippen LogP contribution in [0.3, 0.4) is 0 Å². The summed E-state index contributed by atoms with van der Waals surface area (Å²) in [7, 11) is 0. The van der Waals surface area contributed by atoms with Crippen molar-refractivity contribution in [3.8, 4) is 0 Å². The van der Waals surface area contributed by atoms with Crippen LogP contribution >= 0.6 is 11.6 Å². The van der Waals surface area contributed by atoms with Gasteiger partial charge in [0, 0.05) is 28.5 Å². The molecule has 6 nitrogen and oxygen atoms in total. The molecular formula is C18H17ClF3N5O. The quantitative estimate of drug-likeness (QED) is 0.699. The van der Waals surface area contributed by atoms with Crippen LogP contribution in [-0.4, -0.2) is 32.0 Å². The van der Waals surface area contributed by atoms with Crippen LogP contribution < -0.4 is 5.32 Å². The van der Waals surface area contributed by atoms with Gasteiger partial charge in [0.15, 0.2) is 0 Å². The molecule has 1 N–H and O–H groups in total. The summed E-state index contributed by atoms with van der Waals surface area (Å²) in [6.07, 6.45) is -4.07. The molecule has 1 aromatic carbocycles. The molecule has 0 saturated carbocycles. The molecule has 0 bridgehead atoms. The Morgan fingerprint density at radius 3 is 2.68 bits per heavy atom. The minimum Gasteiger partial charge on any atom is -0.355 e. The molecule has 0 radical (unpaired) electrons. The van der Waals surface area contributed by atoms with Gasteiger partial charge in [0.1, 0.15) is 0 Å². The third-order valence-electron chi connectivity index (χ3n) is 4.26. The number of amides is 1. The van der Waals surface area contributed by atoms with Crippen molar-refractivity contribution < 1.29 is 18.0 Å². The highest BCUT2D eigenvalue weighted by Crippen LogP contribution is 2.27. The second-order valence-electron chi connectivity index (χ2n) is 6.31. The first-order valence-electron chi connectivity index (χ1n) is 8.46. The topological polar surface area (TPSA) is 72.2 Å². The van der Waals surface area contributed by atoms with Crippen LogP contribution in [0.4, 0.5) is 13.2 Å². The van der Waals surface area contributed by atoms with Gasteiger partial charge in [0.2, 0.25) is 5.91 Å². The highest BCUT2D eigenvalue weighted by molar-refractivity contribution is 6.30. The maximum absolute atomic E-state index is 12.8. The van der Waals surface area contributed by atoms with E-state index >= 15 is 0 Å². The molecule has 0 unspecified atom stereocenters. The fourth-order valence-electron chi connectivity index (χ4n) is 2.85. The van der Waals surface area contributed by atoms with Crippen LogP contribution in [0.5, 0.6) is 0 Å². The molecule has 3 rings (SSSR count). The van der Waals surface area contributed by atoms with E-state index in [0.29, 0.717) is 34.9 Å². The number of carbonyl (C=O) groups is 1. The van der Waals surface area contributed by atoms with E-state index in [4.69, 9.17) is 11.6 Å². The van der Waals surface area contributed by atoms with Crippen molar-refractivity contribution >= 4 is 23.3 Å². The van der Waals surface area contributed by atoms with E-state index in [0.717, 1.165) is 10.1 Å². The molecule has 3 aromatic rings. The molecule has 0 aliphatic carbocycles. The van der Waals surface area contributed by atoms with Gasteiger partial charge in [0.05, 0.1) is 6.42 Å². The Morgan fingerprint density at radius 2 is 2.00 bits per heavy atom. The van der Waals surface area contributed by atoms with Crippen molar-refractivity contribution in [2.45, 2.75) is 32.9 Å². The van der Waals surface area contributed by atoms with E-state index in [1.54, 1.807) is 19.9 Å². The normalized spacial score (nSPS) is 11.8. The first-order chi connectivity index (χ1) is 13.1. The van der Waals surface area contributed by atoms with Crippen molar-refractivity contribution in [3.05, 3.63) is 57.6 Å². The maximum atomic E-state index is 12.8. The first-order valence-corrected chi connectivity index (χ1v) is 8.84. The number of rotatable bonds is 5. The fourth-order valence-corrected chi connectivity index (χ4v) is 3.06. The highest BCUT2D eigenvalue weighted by atomic mass is 35.5. The van der Waals surface area contributed by atoms with Crippen LogP contribution in [0.2, 0.25) is 5.02 Å². The summed E-state index contributed by atoms with van der Waals surface area (Å²) in [6, 6.07) is 7.34. The fraction of sp³-hybridized carbons (Fsp3) is 0.333. The lowest BCUT2D eigenvalue weighted by atomic mass is 10.1. The second kappa shape index (κ2) is 7.75. The summed E-state index contributed by atoms with van der Waals surface area (Å²) in [4.78, 5) is 19.8. The van der Waals surface area contributed by atoms with Gasteiger partial charge in [-0.2, -0.15) is 18.2 Å². The van der Waals surface area contributed by atoms with Gasteiger partial charge in [-0.25, -0.2) is 9.50 Å². The molecule has 10 heteroatoms. The number of aryl methyl sites for hydroxylation is 2. The number of hydrogen-bond donors (Lipinski definition) is 1. The van der Waals surface area contributed by atoms with Crippen molar-refractivity contribution in [2.75, 3.05) is 6.54 Å². The molecule has 148 valence electrons. The van der Waals surface area contributed by atoms with E-state index in [1.165, 1.54) is 0 Å². The maximum Gasteiger partial charge on any atom is 0.453 e. The summed E-state index contributed by atoms with van der Waals surface area (Å²) in [5.41, 5.74) is 2.35. The monoisotopic (exact) mass is 411 g/mol. The lowest BCUT2D eigenvalue weighted by molar-refractivity contribution is -0.144. The van der Waals surface area contributed by atoms with Crippen LogP contribution in [-0.2, 0) is 23.8 Å². The van der Waals surface area contributed by atoms with Gasteiger partial charge < -0.3 is 5.32 Å². The number of aromatic nitrogens is 4. The molecule has 0 aliphatic heterocycles. The number of alkyl halides is 3. The largest absolute Gasteiger partial charge is 0.453 e. The average molecular weight is 412 g/mol. The van der Waals surface area contributed by atoms with Crippen LogP contribution in [0.15, 0.2) is 24.3 Å². The summed E-state index contributed by atoms with van der Waals surface area (Å²) >= 11 is 5.93. The minimum atomic E-state index is -4.66.